The van der Waals surface area contributed by atoms with Gasteiger partial charge in [-0.1, -0.05) is 11.6 Å². The Kier molecular flexibility index (Phi) is 4.42. The van der Waals surface area contributed by atoms with Crippen LogP contribution in [0, 0.1) is 0 Å². The molecule has 0 bridgehead atoms. The number of hydrogen-bond donors (Lipinski definition) is 1. The Balaban J connectivity index is 2.12. The predicted molar refractivity (Wildman–Crippen MR) is 73.8 cm³/mol. The Morgan fingerprint density at radius 2 is 2.15 bits per heavy atom. The molecule has 0 aliphatic carbocycles. The third-order valence-corrected chi connectivity index (χ3v) is 2.91. The van der Waals surface area contributed by atoms with Crippen LogP contribution < -0.4 is 5.32 Å². The highest BCUT2D eigenvalue weighted by Crippen LogP contribution is 2.23. The molecule has 2 aromatic rings. The smallest absolute Gasteiger partial charge is 0.337 e. The van der Waals surface area contributed by atoms with Gasteiger partial charge in [-0.05, 0) is 30.3 Å². The molecule has 1 amide bonds. The van der Waals surface area contributed by atoms with Crippen LogP contribution in [0.15, 0.2) is 41.0 Å². The van der Waals surface area contributed by atoms with Crippen molar-refractivity contribution < 1.29 is 18.7 Å². The molecule has 1 heterocycles. The Bertz CT molecular complexity index is 622. The highest BCUT2D eigenvalue weighted by Gasteiger charge is 2.12. The molecule has 0 spiro atoms. The van der Waals surface area contributed by atoms with Crippen molar-refractivity contribution in [3.05, 3.63) is 52.9 Å². The van der Waals surface area contributed by atoms with Gasteiger partial charge < -0.3 is 14.5 Å². The average Bonchev–Trinajstić information content (AvgIpc) is 2.93. The first-order valence-electron chi connectivity index (χ1n) is 5.80. The fourth-order valence-corrected chi connectivity index (χ4v) is 1.80. The van der Waals surface area contributed by atoms with Crippen molar-refractivity contribution in [2.45, 2.75) is 6.42 Å². The van der Waals surface area contributed by atoms with Crippen molar-refractivity contribution in [3.8, 4) is 0 Å². The van der Waals surface area contributed by atoms with Gasteiger partial charge in [-0.3, -0.25) is 4.79 Å². The summed E-state index contributed by atoms with van der Waals surface area (Å²) < 4.78 is 9.70. The molecule has 1 aromatic heterocycles. The number of benzene rings is 1. The number of anilines is 1. The van der Waals surface area contributed by atoms with Gasteiger partial charge >= 0.3 is 5.97 Å². The van der Waals surface area contributed by atoms with Crippen LogP contribution >= 0.6 is 11.6 Å². The molecule has 0 saturated carbocycles. The Morgan fingerprint density at radius 3 is 2.80 bits per heavy atom. The predicted octanol–water partition coefficient (Wildman–Crippen LogP) is 2.90. The molecule has 0 aliphatic rings. The van der Waals surface area contributed by atoms with Crippen molar-refractivity contribution in [2.24, 2.45) is 0 Å². The lowest BCUT2D eigenvalue weighted by Crippen LogP contribution is -2.15. The van der Waals surface area contributed by atoms with E-state index in [0.717, 1.165) is 0 Å². The zero-order chi connectivity index (χ0) is 14.5. The SMILES string of the molecule is COC(=O)c1ccc(Cl)c(NC(=O)Cc2ccco2)c1. The third kappa shape index (κ3) is 3.39. The van der Waals surface area contributed by atoms with Crippen molar-refractivity contribution >= 4 is 29.2 Å². The van der Waals surface area contributed by atoms with Gasteiger partial charge in [-0.2, -0.15) is 0 Å². The molecular weight excluding hydrogens is 282 g/mol. The fourth-order valence-electron chi connectivity index (χ4n) is 1.63. The van der Waals surface area contributed by atoms with Crippen LogP contribution in [0.3, 0.4) is 0 Å². The van der Waals surface area contributed by atoms with Crippen molar-refractivity contribution in [1.29, 1.82) is 0 Å². The third-order valence-electron chi connectivity index (χ3n) is 2.58. The second-order valence-corrected chi connectivity index (χ2v) is 4.40. The number of furan rings is 1. The summed E-state index contributed by atoms with van der Waals surface area (Å²) in [7, 11) is 1.28. The number of rotatable bonds is 4. The van der Waals surface area contributed by atoms with Crippen LogP contribution in [0.2, 0.25) is 5.02 Å². The monoisotopic (exact) mass is 293 g/mol. The van der Waals surface area contributed by atoms with Crippen molar-refractivity contribution in [2.75, 3.05) is 12.4 Å². The first-order chi connectivity index (χ1) is 9.60. The van der Waals surface area contributed by atoms with Gasteiger partial charge in [0.05, 0.1) is 36.1 Å². The van der Waals surface area contributed by atoms with E-state index in [2.05, 4.69) is 10.1 Å². The van der Waals surface area contributed by atoms with Gasteiger partial charge in [-0.25, -0.2) is 4.79 Å². The minimum absolute atomic E-state index is 0.0891. The zero-order valence-corrected chi connectivity index (χ0v) is 11.4. The fraction of sp³-hybridized carbons (Fsp3) is 0.143. The summed E-state index contributed by atoms with van der Waals surface area (Å²) >= 11 is 5.98. The zero-order valence-electron chi connectivity index (χ0n) is 10.7. The van der Waals surface area contributed by atoms with Crippen LogP contribution in [0.5, 0.6) is 0 Å². The summed E-state index contributed by atoms with van der Waals surface area (Å²) in [4.78, 5) is 23.3. The van der Waals surface area contributed by atoms with E-state index in [-0.39, 0.29) is 12.3 Å². The molecular formula is C14H12ClNO4. The number of carbonyl (C=O) groups excluding carboxylic acids is 2. The van der Waals surface area contributed by atoms with Crippen molar-refractivity contribution in [3.63, 3.8) is 0 Å². The Morgan fingerprint density at radius 1 is 1.35 bits per heavy atom. The lowest BCUT2D eigenvalue weighted by Gasteiger charge is -2.08. The van der Waals surface area contributed by atoms with E-state index in [1.807, 2.05) is 0 Å². The standard InChI is InChI=1S/C14H12ClNO4/c1-19-14(18)9-4-5-11(15)12(7-9)16-13(17)8-10-3-2-6-20-10/h2-7H,8H2,1H3,(H,16,17). The average molecular weight is 294 g/mol. The van der Waals surface area contributed by atoms with Crippen LogP contribution in [-0.4, -0.2) is 19.0 Å². The molecule has 0 unspecified atom stereocenters. The molecule has 104 valence electrons. The quantitative estimate of drug-likeness (QED) is 0.880. The number of methoxy groups -OCH3 is 1. The number of carbonyl (C=O) groups is 2. The van der Waals surface area contributed by atoms with Crippen LogP contribution in [0.25, 0.3) is 0 Å². The van der Waals surface area contributed by atoms with Gasteiger partial charge in [0.15, 0.2) is 0 Å². The molecule has 5 nitrogen and oxygen atoms in total. The number of halogens is 1. The van der Waals surface area contributed by atoms with E-state index >= 15 is 0 Å². The minimum Gasteiger partial charge on any atom is -0.469 e. The maximum Gasteiger partial charge on any atom is 0.337 e. The van der Waals surface area contributed by atoms with Gasteiger partial charge in [0.1, 0.15) is 5.76 Å². The first-order valence-corrected chi connectivity index (χ1v) is 6.18. The van der Waals surface area contributed by atoms with Gasteiger partial charge in [0.25, 0.3) is 0 Å². The van der Waals surface area contributed by atoms with E-state index in [1.54, 1.807) is 12.1 Å². The summed E-state index contributed by atoms with van der Waals surface area (Å²) in [5, 5.41) is 2.97. The van der Waals surface area contributed by atoms with E-state index in [0.29, 0.717) is 22.0 Å². The van der Waals surface area contributed by atoms with Crippen LogP contribution in [0.1, 0.15) is 16.1 Å². The highest BCUT2D eigenvalue weighted by molar-refractivity contribution is 6.33. The molecule has 1 N–H and O–H groups in total. The summed E-state index contributed by atoms with van der Waals surface area (Å²) in [6, 6.07) is 7.92. The second-order valence-electron chi connectivity index (χ2n) is 3.99. The number of hydrogen-bond acceptors (Lipinski definition) is 4. The maximum absolute atomic E-state index is 11.8. The normalized spacial score (nSPS) is 10.1. The van der Waals surface area contributed by atoms with Crippen LogP contribution in [-0.2, 0) is 16.0 Å². The van der Waals surface area contributed by atoms with E-state index in [9.17, 15) is 9.59 Å². The topological polar surface area (TPSA) is 68.5 Å². The summed E-state index contributed by atoms with van der Waals surface area (Å²) in [5.74, 6) is -0.241. The number of ether oxygens (including phenoxy) is 1. The Hall–Kier alpha value is -2.27. The summed E-state index contributed by atoms with van der Waals surface area (Å²) in [6.45, 7) is 0. The molecule has 20 heavy (non-hydrogen) atoms. The lowest BCUT2D eigenvalue weighted by molar-refractivity contribution is -0.115. The first kappa shape index (κ1) is 14.1. The highest BCUT2D eigenvalue weighted by atomic mass is 35.5. The van der Waals surface area contributed by atoms with Gasteiger partial charge in [0, 0.05) is 0 Å². The van der Waals surface area contributed by atoms with E-state index in [4.69, 9.17) is 16.0 Å². The van der Waals surface area contributed by atoms with Crippen LogP contribution in [0.4, 0.5) is 5.69 Å². The molecule has 2 rings (SSSR count). The number of esters is 1. The maximum atomic E-state index is 11.8. The number of amides is 1. The molecule has 6 heteroatoms. The van der Waals surface area contributed by atoms with E-state index < -0.39 is 5.97 Å². The number of nitrogens with one attached hydrogen (secondary N) is 1. The summed E-state index contributed by atoms with van der Waals surface area (Å²) in [5.41, 5.74) is 0.663. The largest absolute Gasteiger partial charge is 0.469 e. The molecule has 0 aliphatic heterocycles. The molecule has 0 radical (unpaired) electrons. The Labute approximate surface area is 120 Å². The molecule has 1 aromatic carbocycles. The molecule has 0 atom stereocenters. The molecule has 0 fully saturated rings. The second kappa shape index (κ2) is 6.25. The lowest BCUT2D eigenvalue weighted by atomic mass is 10.2. The van der Waals surface area contributed by atoms with Gasteiger partial charge in [-0.15, -0.1) is 0 Å². The van der Waals surface area contributed by atoms with E-state index in [1.165, 1.54) is 31.6 Å². The minimum atomic E-state index is -0.497. The van der Waals surface area contributed by atoms with Crippen molar-refractivity contribution in [1.82, 2.24) is 0 Å². The summed E-state index contributed by atoms with van der Waals surface area (Å²) in [6.07, 6.45) is 1.58. The molecule has 0 saturated heterocycles. The van der Waals surface area contributed by atoms with Gasteiger partial charge in [0.2, 0.25) is 5.91 Å².